The molecular weight excluding hydrogens is 865 g/mol. The summed E-state index contributed by atoms with van der Waals surface area (Å²) >= 11 is 1.28. The SMILES string of the molecule is COc1ccc(CN(Cc2ccc(OC)cc2)S(=O)(=O)c2c(S(=O)(=O)CCN3CCOCC3)ccc(-c3cccc4sc(N)nc34)c2-c2nnn(Cc3ccc(OC)cc3)n2)cc1. The third kappa shape index (κ3) is 9.68. The van der Waals surface area contributed by atoms with Gasteiger partial charge in [0.05, 0.1) is 67.5 Å². The molecule has 328 valence electrons. The number of aromatic nitrogens is 5. The molecule has 0 unspecified atom stereocenters. The normalized spacial score (nSPS) is 13.7. The van der Waals surface area contributed by atoms with E-state index in [1.54, 1.807) is 82.0 Å². The molecule has 0 bridgehead atoms. The van der Waals surface area contributed by atoms with Crippen molar-refractivity contribution in [2.75, 3.05) is 65.7 Å². The second-order valence-corrected chi connectivity index (χ2v) is 19.8. The van der Waals surface area contributed by atoms with E-state index in [1.165, 1.54) is 26.5 Å². The molecule has 0 amide bonds. The number of hydrogen-bond donors (Lipinski definition) is 1. The minimum atomic E-state index is -4.82. The molecule has 63 heavy (non-hydrogen) atoms. The molecule has 0 atom stereocenters. The number of morpholine rings is 1. The van der Waals surface area contributed by atoms with Gasteiger partial charge in [0.25, 0.3) is 0 Å². The lowest BCUT2D eigenvalue weighted by Crippen LogP contribution is -2.39. The van der Waals surface area contributed by atoms with Crippen molar-refractivity contribution in [3.8, 4) is 39.8 Å². The van der Waals surface area contributed by atoms with Gasteiger partial charge in [-0.3, -0.25) is 4.90 Å². The fourth-order valence-corrected chi connectivity index (χ4v) is 11.9. The molecular formula is C44H46N8O8S3. The second kappa shape index (κ2) is 18.8. The van der Waals surface area contributed by atoms with Crippen LogP contribution in [0.15, 0.2) is 113 Å². The third-order valence-corrected chi connectivity index (χ3v) is 15.3. The summed E-state index contributed by atoms with van der Waals surface area (Å²) in [6, 6.07) is 29.8. The maximum atomic E-state index is 16.0. The highest BCUT2D eigenvalue weighted by Gasteiger charge is 2.38. The molecule has 19 heteroatoms. The Morgan fingerprint density at radius 3 is 1.92 bits per heavy atom. The van der Waals surface area contributed by atoms with Crippen molar-refractivity contribution >= 4 is 46.5 Å². The number of sulfone groups is 1. The monoisotopic (exact) mass is 910 g/mol. The number of fused-ring (bicyclic) bond motifs is 1. The number of sulfonamides is 1. The predicted octanol–water partition coefficient (Wildman–Crippen LogP) is 5.77. The first-order chi connectivity index (χ1) is 30.4. The van der Waals surface area contributed by atoms with Gasteiger partial charge in [-0.1, -0.05) is 65.9 Å². The zero-order valence-corrected chi connectivity index (χ0v) is 37.3. The molecule has 7 aromatic rings. The smallest absolute Gasteiger partial charge is 0.245 e. The quantitative estimate of drug-likeness (QED) is 0.116. The average molecular weight is 911 g/mol. The summed E-state index contributed by atoms with van der Waals surface area (Å²) in [5.41, 5.74) is 9.61. The molecule has 0 radical (unpaired) electrons. The number of ether oxygens (including phenoxy) is 4. The van der Waals surface area contributed by atoms with Crippen LogP contribution in [0.25, 0.3) is 32.7 Å². The third-order valence-electron chi connectivity index (χ3n) is 10.8. The van der Waals surface area contributed by atoms with Gasteiger partial charge in [-0.25, -0.2) is 21.8 Å². The number of methoxy groups -OCH3 is 3. The Morgan fingerprint density at radius 2 is 1.33 bits per heavy atom. The van der Waals surface area contributed by atoms with Crippen molar-refractivity contribution in [1.82, 2.24) is 34.4 Å². The lowest BCUT2D eigenvalue weighted by molar-refractivity contribution is 0.0408. The summed E-state index contributed by atoms with van der Waals surface area (Å²) in [5, 5.41) is 13.9. The maximum absolute atomic E-state index is 16.0. The summed E-state index contributed by atoms with van der Waals surface area (Å²) in [6.07, 6.45) is 0. The zero-order valence-electron chi connectivity index (χ0n) is 34.9. The van der Waals surface area contributed by atoms with Gasteiger partial charge in [-0.2, -0.15) is 9.10 Å². The predicted molar refractivity (Wildman–Crippen MR) is 240 cm³/mol. The molecule has 1 fully saturated rings. The van der Waals surface area contributed by atoms with Crippen molar-refractivity contribution in [3.05, 3.63) is 120 Å². The van der Waals surface area contributed by atoms with E-state index in [1.807, 2.05) is 41.3 Å². The highest BCUT2D eigenvalue weighted by molar-refractivity contribution is 7.93. The first kappa shape index (κ1) is 43.7. The maximum Gasteiger partial charge on any atom is 0.245 e. The Bertz CT molecular complexity index is 2870. The van der Waals surface area contributed by atoms with Gasteiger partial charge in [0.15, 0.2) is 15.0 Å². The van der Waals surface area contributed by atoms with Gasteiger partial charge in [0.1, 0.15) is 22.1 Å². The van der Waals surface area contributed by atoms with Crippen LogP contribution in [-0.2, 0) is 44.2 Å². The highest BCUT2D eigenvalue weighted by atomic mass is 32.2. The first-order valence-electron chi connectivity index (χ1n) is 20.0. The van der Waals surface area contributed by atoms with Gasteiger partial charge in [-0.15, -0.1) is 10.2 Å². The number of thiazole rings is 1. The Morgan fingerprint density at radius 1 is 0.746 bits per heavy atom. The van der Waals surface area contributed by atoms with Crippen LogP contribution in [0.3, 0.4) is 0 Å². The van der Waals surface area contributed by atoms with E-state index in [9.17, 15) is 8.42 Å². The van der Waals surface area contributed by atoms with Crippen LogP contribution in [0.4, 0.5) is 5.13 Å². The zero-order chi connectivity index (χ0) is 44.1. The number of nitrogen functional groups attached to an aromatic ring is 1. The molecule has 2 N–H and O–H groups in total. The van der Waals surface area contributed by atoms with E-state index >= 15 is 8.42 Å². The number of anilines is 1. The van der Waals surface area contributed by atoms with Crippen molar-refractivity contribution in [3.63, 3.8) is 0 Å². The van der Waals surface area contributed by atoms with E-state index in [0.29, 0.717) is 76.5 Å². The molecule has 2 aromatic heterocycles. The van der Waals surface area contributed by atoms with Crippen LogP contribution in [0.5, 0.6) is 17.2 Å². The molecule has 5 aromatic carbocycles. The van der Waals surface area contributed by atoms with Crippen molar-refractivity contribution in [2.45, 2.75) is 29.4 Å². The largest absolute Gasteiger partial charge is 0.497 e. The first-order valence-corrected chi connectivity index (χ1v) is 23.9. The van der Waals surface area contributed by atoms with Gasteiger partial charge in [0.2, 0.25) is 15.8 Å². The number of hydrogen-bond acceptors (Lipinski definition) is 15. The van der Waals surface area contributed by atoms with Gasteiger partial charge < -0.3 is 24.7 Å². The minimum Gasteiger partial charge on any atom is -0.497 e. The number of para-hydroxylation sites is 1. The van der Waals surface area contributed by atoms with E-state index in [0.717, 1.165) is 10.3 Å². The molecule has 16 nitrogen and oxygen atoms in total. The summed E-state index contributed by atoms with van der Waals surface area (Å²) in [5.74, 6) is 1.39. The van der Waals surface area contributed by atoms with Crippen LogP contribution in [0, 0.1) is 0 Å². The molecule has 3 heterocycles. The summed E-state index contributed by atoms with van der Waals surface area (Å²) in [7, 11) is -4.48. The van der Waals surface area contributed by atoms with Crippen LogP contribution in [0.2, 0.25) is 0 Å². The van der Waals surface area contributed by atoms with Crippen LogP contribution >= 0.6 is 11.3 Å². The van der Waals surface area contributed by atoms with Gasteiger partial charge in [0, 0.05) is 38.3 Å². The molecule has 0 saturated carbocycles. The summed E-state index contributed by atoms with van der Waals surface area (Å²) in [4.78, 5) is 7.09. The van der Waals surface area contributed by atoms with Crippen LogP contribution < -0.4 is 19.9 Å². The summed E-state index contributed by atoms with van der Waals surface area (Å²) in [6.45, 7) is 2.09. The topological polar surface area (TPSA) is 194 Å². The van der Waals surface area contributed by atoms with Gasteiger partial charge in [-0.05, 0) is 76.0 Å². The molecule has 1 aliphatic rings. The van der Waals surface area contributed by atoms with E-state index < -0.39 is 24.8 Å². The van der Waals surface area contributed by atoms with Gasteiger partial charge >= 0.3 is 0 Å². The fourth-order valence-electron chi connectivity index (χ4n) is 7.41. The Kier molecular flexibility index (Phi) is 13.0. The highest BCUT2D eigenvalue weighted by Crippen LogP contribution is 2.44. The fraction of sp³-hybridized carbons (Fsp3) is 0.273. The second-order valence-electron chi connectivity index (χ2n) is 14.8. The van der Waals surface area contributed by atoms with E-state index in [4.69, 9.17) is 29.8 Å². The van der Waals surface area contributed by atoms with E-state index in [2.05, 4.69) is 15.3 Å². The average Bonchev–Trinajstić information content (AvgIpc) is 3.94. The molecule has 8 rings (SSSR count). The Hall–Kier alpha value is -5.96. The van der Waals surface area contributed by atoms with Crippen molar-refractivity contribution < 1.29 is 35.8 Å². The van der Waals surface area contributed by atoms with Crippen molar-refractivity contribution in [1.29, 1.82) is 0 Å². The summed E-state index contributed by atoms with van der Waals surface area (Å²) < 4.78 is 85.5. The lowest BCUT2D eigenvalue weighted by Gasteiger charge is -2.28. The molecule has 1 aliphatic heterocycles. The number of benzene rings is 5. The molecule has 1 saturated heterocycles. The number of tetrazole rings is 1. The van der Waals surface area contributed by atoms with Crippen LogP contribution in [-0.4, -0.2) is 111 Å². The molecule has 0 aliphatic carbocycles. The Balaban J connectivity index is 1.37. The number of rotatable bonds is 17. The molecule has 0 spiro atoms. The number of nitrogens with two attached hydrogens (primary N) is 1. The van der Waals surface area contributed by atoms with E-state index in [-0.39, 0.29) is 48.2 Å². The number of nitrogens with zero attached hydrogens (tertiary/aromatic N) is 7. The van der Waals surface area contributed by atoms with Crippen LogP contribution in [0.1, 0.15) is 16.7 Å². The minimum absolute atomic E-state index is 0.0445. The van der Waals surface area contributed by atoms with Crippen molar-refractivity contribution in [2.24, 2.45) is 0 Å². The standard InChI is InChI=1S/C44H46N8O8S3/c1-57-33-13-7-30(8-14-33)27-51(28-31-9-15-34(58-2)16-10-31)63(55,56)42-39(62(53,54)26-23-50-21-24-60-25-22-50)20-19-36(37-5-4-6-38-41(37)46-44(45)61-38)40(42)43-47-49-52(48-43)29-32-11-17-35(59-3)18-12-32/h4-20H,21-29H2,1-3H3,(H2,45,46). The Labute approximate surface area is 369 Å². The lowest BCUT2D eigenvalue weighted by atomic mass is 9.98.